The second-order valence-electron chi connectivity index (χ2n) is 4.41. The fraction of sp³-hybridized carbons (Fsp3) is 0.417. The van der Waals surface area contributed by atoms with E-state index in [0.717, 1.165) is 37.8 Å². The summed E-state index contributed by atoms with van der Waals surface area (Å²) in [5, 5.41) is 11.2. The average molecular weight is 244 g/mol. The van der Waals surface area contributed by atoms with Crippen LogP contribution in [0, 0.1) is 0 Å². The van der Waals surface area contributed by atoms with Gasteiger partial charge in [0.25, 0.3) is 0 Å². The van der Waals surface area contributed by atoms with Crippen LogP contribution in [0.4, 0.5) is 5.82 Å². The van der Waals surface area contributed by atoms with E-state index in [9.17, 15) is 0 Å². The summed E-state index contributed by atoms with van der Waals surface area (Å²) in [7, 11) is 1.95. The Kier molecular flexibility index (Phi) is 2.93. The van der Waals surface area contributed by atoms with E-state index in [4.69, 9.17) is 0 Å². The van der Waals surface area contributed by atoms with Crippen molar-refractivity contribution in [3.63, 3.8) is 0 Å². The zero-order valence-electron chi connectivity index (χ0n) is 10.4. The summed E-state index contributed by atoms with van der Waals surface area (Å²) in [6, 6.07) is 4.16. The molecule has 0 aromatic carbocycles. The lowest BCUT2D eigenvalue weighted by Gasteiger charge is -2.28. The third-order valence-electron chi connectivity index (χ3n) is 3.15. The van der Waals surface area contributed by atoms with Crippen molar-refractivity contribution in [1.82, 2.24) is 25.1 Å². The van der Waals surface area contributed by atoms with E-state index in [1.54, 1.807) is 6.33 Å². The Balaban J connectivity index is 1.81. The molecule has 0 amide bonds. The fourth-order valence-electron chi connectivity index (χ4n) is 2.21. The van der Waals surface area contributed by atoms with Crippen LogP contribution in [0.5, 0.6) is 0 Å². The minimum atomic E-state index is 0.774. The number of fused-ring (bicyclic) bond motifs is 1. The average Bonchev–Trinajstić information content (AvgIpc) is 2.86. The third kappa shape index (κ3) is 2.06. The lowest BCUT2D eigenvalue weighted by Crippen LogP contribution is -2.34. The first-order valence-corrected chi connectivity index (χ1v) is 6.08. The van der Waals surface area contributed by atoms with E-state index in [2.05, 4.69) is 36.0 Å². The molecule has 1 aliphatic rings. The molecule has 2 aromatic rings. The van der Waals surface area contributed by atoms with E-state index in [0.29, 0.717) is 0 Å². The second kappa shape index (κ2) is 4.73. The largest absolute Gasteiger partial charge is 0.347 e. The van der Waals surface area contributed by atoms with Crippen molar-refractivity contribution in [3.8, 4) is 0 Å². The van der Waals surface area contributed by atoms with Crippen molar-refractivity contribution in [2.45, 2.75) is 19.6 Å². The van der Waals surface area contributed by atoms with Gasteiger partial charge in [0.05, 0.1) is 6.54 Å². The molecule has 0 bridgehead atoms. The minimum absolute atomic E-state index is 0.774. The van der Waals surface area contributed by atoms with E-state index in [1.165, 1.54) is 5.56 Å². The van der Waals surface area contributed by atoms with Gasteiger partial charge in [0.2, 0.25) is 0 Å². The van der Waals surface area contributed by atoms with Crippen LogP contribution in [0.1, 0.15) is 11.4 Å². The molecular weight excluding hydrogens is 228 g/mol. The Labute approximate surface area is 106 Å². The Morgan fingerprint density at radius 3 is 3.22 bits per heavy atom. The maximum absolute atomic E-state index is 4.44. The maximum Gasteiger partial charge on any atom is 0.152 e. The van der Waals surface area contributed by atoms with Gasteiger partial charge in [-0.15, -0.1) is 10.2 Å². The number of pyridine rings is 1. The van der Waals surface area contributed by atoms with E-state index >= 15 is 0 Å². The molecule has 0 saturated carbocycles. The zero-order chi connectivity index (χ0) is 12.4. The normalized spacial score (nSPS) is 14.6. The van der Waals surface area contributed by atoms with Gasteiger partial charge >= 0.3 is 0 Å². The number of nitrogens with one attached hydrogen (secondary N) is 1. The van der Waals surface area contributed by atoms with E-state index in [1.807, 2.05) is 19.3 Å². The molecule has 0 fully saturated rings. The van der Waals surface area contributed by atoms with Gasteiger partial charge in [0.1, 0.15) is 12.1 Å². The summed E-state index contributed by atoms with van der Waals surface area (Å²) >= 11 is 0. The molecule has 0 radical (unpaired) electrons. The van der Waals surface area contributed by atoms with Gasteiger partial charge in [-0.3, -0.25) is 0 Å². The van der Waals surface area contributed by atoms with Crippen LogP contribution in [0.15, 0.2) is 24.7 Å². The van der Waals surface area contributed by atoms with E-state index < -0.39 is 0 Å². The van der Waals surface area contributed by atoms with Crippen molar-refractivity contribution in [2.24, 2.45) is 0 Å². The summed E-state index contributed by atoms with van der Waals surface area (Å²) in [6.07, 6.45) is 3.65. The number of hydrogen-bond donors (Lipinski definition) is 1. The Bertz CT molecular complexity index is 535. The van der Waals surface area contributed by atoms with Gasteiger partial charge in [-0.05, 0) is 24.7 Å². The van der Waals surface area contributed by atoms with E-state index in [-0.39, 0.29) is 0 Å². The Morgan fingerprint density at radius 2 is 2.33 bits per heavy atom. The highest BCUT2D eigenvalue weighted by molar-refractivity contribution is 5.41. The summed E-state index contributed by atoms with van der Waals surface area (Å²) in [6.45, 7) is 3.50. The highest BCUT2D eigenvalue weighted by Gasteiger charge is 2.18. The minimum Gasteiger partial charge on any atom is -0.347 e. The molecule has 6 nitrogen and oxygen atoms in total. The molecule has 0 atom stereocenters. The van der Waals surface area contributed by atoms with Gasteiger partial charge in [-0.25, -0.2) is 4.98 Å². The van der Waals surface area contributed by atoms with Gasteiger partial charge in [-0.2, -0.15) is 0 Å². The number of hydrogen-bond acceptors (Lipinski definition) is 5. The number of rotatable bonds is 3. The van der Waals surface area contributed by atoms with Crippen LogP contribution in [-0.2, 0) is 19.6 Å². The molecule has 3 heterocycles. The van der Waals surface area contributed by atoms with Gasteiger partial charge in [0.15, 0.2) is 5.82 Å². The van der Waals surface area contributed by atoms with Gasteiger partial charge in [0, 0.05) is 25.8 Å². The Hall–Kier alpha value is -1.95. The lowest BCUT2D eigenvalue weighted by atomic mass is 10.2. The molecule has 94 valence electrons. The molecule has 2 aromatic heterocycles. The first-order chi connectivity index (χ1) is 8.86. The molecule has 18 heavy (non-hydrogen) atoms. The highest BCUT2D eigenvalue weighted by Crippen LogP contribution is 2.18. The summed E-state index contributed by atoms with van der Waals surface area (Å²) in [5.74, 6) is 2.01. The summed E-state index contributed by atoms with van der Waals surface area (Å²) < 4.78 is 2.09. The predicted molar refractivity (Wildman–Crippen MR) is 68.1 cm³/mol. The highest BCUT2D eigenvalue weighted by atomic mass is 15.3. The van der Waals surface area contributed by atoms with Crippen molar-refractivity contribution >= 4 is 5.82 Å². The maximum atomic E-state index is 4.44. The number of aromatic nitrogens is 4. The quantitative estimate of drug-likeness (QED) is 0.847. The first kappa shape index (κ1) is 11.2. The fourth-order valence-corrected chi connectivity index (χ4v) is 2.21. The molecule has 0 unspecified atom stereocenters. The summed E-state index contributed by atoms with van der Waals surface area (Å²) in [5.41, 5.74) is 1.24. The van der Waals surface area contributed by atoms with Crippen molar-refractivity contribution in [2.75, 3.05) is 18.5 Å². The third-order valence-corrected chi connectivity index (χ3v) is 3.15. The number of anilines is 1. The van der Waals surface area contributed by atoms with Crippen LogP contribution < -0.4 is 10.2 Å². The molecule has 1 N–H and O–H groups in total. The standard InChI is InChI=1S/C12H16N6/c1-13-7-10-2-3-14-11(6-10)17-4-5-18-9-15-16-12(18)8-17/h2-3,6,9,13H,4-5,7-8H2,1H3. The molecular formula is C12H16N6. The first-order valence-electron chi connectivity index (χ1n) is 6.08. The van der Waals surface area contributed by atoms with Crippen LogP contribution in [0.25, 0.3) is 0 Å². The molecule has 0 spiro atoms. The molecule has 3 rings (SSSR count). The smallest absolute Gasteiger partial charge is 0.152 e. The molecule has 0 saturated heterocycles. The predicted octanol–water partition coefficient (Wildman–Crippen LogP) is 0.413. The van der Waals surface area contributed by atoms with Crippen molar-refractivity contribution in [3.05, 3.63) is 36.0 Å². The molecule has 6 heteroatoms. The summed E-state index contributed by atoms with van der Waals surface area (Å²) in [4.78, 5) is 6.68. The Morgan fingerprint density at radius 1 is 1.39 bits per heavy atom. The monoisotopic (exact) mass is 244 g/mol. The van der Waals surface area contributed by atoms with Crippen LogP contribution in [0.2, 0.25) is 0 Å². The topological polar surface area (TPSA) is 58.9 Å². The molecule has 1 aliphatic heterocycles. The van der Waals surface area contributed by atoms with Crippen molar-refractivity contribution in [1.29, 1.82) is 0 Å². The number of nitrogens with zero attached hydrogens (tertiary/aromatic N) is 5. The van der Waals surface area contributed by atoms with Gasteiger partial charge in [-0.1, -0.05) is 0 Å². The van der Waals surface area contributed by atoms with Gasteiger partial charge < -0.3 is 14.8 Å². The van der Waals surface area contributed by atoms with Crippen LogP contribution in [-0.4, -0.2) is 33.3 Å². The van der Waals surface area contributed by atoms with Crippen LogP contribution in [0.3, 0.4) is 0 Å². The van der Waals surface area contributed by atoms with Crippen LogP contribution >= 0.6 is 0 Å². The SMILES string of the molecule is CNCc1ccnc(N2CCn3cnnc3C2)c1. The molecule has 0 aliphatic carbocycles. The second-order valence-corrected chi connectivity index (χ2v) is 4.41. The lowest BCUT2D eigenvalue weighted by molar-refractivity contribution is 0.556. The van der Waals surface area contributed by atoms with Crippen molar-refractivity contribution < 1.29 is 0 Å². The zero-order valence-corrected chi connectivity index (χ0v) is 10.4.